The molecule has 0 spiro atoms. The predicted molar refractivity (Wildman–Crippen MR) is 45.4 cm³/mol. The Morgan fingerprint density at radius 1 is 1.67 bits per heavy atom. The van der Waals surface area contributed by atoms with Gasteiger partial charge in [-0.2, -0.15) is 0 Å². The van der Waals surface area contributed by atoms with Crippen molar-refractivity contribution in [1.29, 1.82) is 0 Å². The Morgan fingerprint density at radius 3 is 3.25 bits per heavy atom. The van der Waals surface area contributed by atoms with Gasteiger partial charge in [0.2, 0.25) is 5.91 Å². The number of hydrogen-bond acceptors (Lipinski definition) is 3. The molecule has 0 saturated heterocycles. The van der Waals surface area contributed by atoms with E-state index in [4.69, 9.17) is 5.73 Å². The first-order chi connectivity index (χ1) is 5.79. The van der Waals surface area contributed by atoms with Crippen LogP contribution in [-0.2, 0) is 4.79 Å². The zero-order valence-electron chi connectivity index (χ0n) is 6.47. The summed E-state index contributed by atoms with van der Waals surface area (Å²) in [6.45, 7) is 0.472. The second kappa shape index (κ2) is 2.48. The number of amides is 1. The van der Waals surface area contributed by atoms with Crippen LogP contribution in [0.25, 0.3) is 0 Å². The van der Waals surface area contributed by atoms with Gasteiger partial charge in [0, 0.05) is 6.20 Å². The van der Waals surface area contributed by atoms with E-state index in [-0.39, 0.29) is 11.9 Å². The summed E-state index contributed by atoms with van der Waals surface area (Å²) in [5.41, 5.74) is 5.19. The number of primary amides is 1. The molecule has 0 aromatic heterocycles. The maximum atomic E-state index is 10.9. The summed E-state index contributed by atoms with van der Waals surface area (Å²) in [6, 6.07) is -0.291. The van der Waals surface area contributed by atoms with Crippen molar-refractivity contribution in [3.8, 4) is 0 Å². The molecule has 0 fully saturated rings. The van der Waals surface area contributed by atoms with Crippen LogP contribution >= 0.6 is 0 Å². The van der Waals surface area contributed by atoms with Crippen LogP contribution in [0.2, 0.25) is 0 Å². The molecule has 1 amide bonds. The Hall–Kier alpha value is -1.58. The molecule has 0 unspecified atom stereocenters. The average molecular weight is 163 g/mol. The van der Waals surface area contributed by atoms with Gasteiger partial charge in [-0.05, 0) is 12.2 Å². The smallest absolute Gasteiger partial charge is 0.242 e. The molecule has 2 rings (SSSR count). The quantitative estimate of drug-likeness (QED) is 0.573. The number of carbonyl (C=O) groups excluding carboxylic acids is 1. The van der Waals surface area contributed by atoms with Crippen LogP contribution in [0.5, 0.6) is 0 Å². The minimum Gasteiger partial charge on any atom is -0.368 e. The third-order valence-corrected chi connectivity index (χ3v) is 1.96. The number of nitrogens with two attached hydrogens (primary N) is 1. The fraction of sp³-hybridized carbons (Fsp3) is 0.250. The highest BCUT2D eigenvalue weighted by molar-refractivity contribution is 6.00. The molecule has 1 atom stereocenters. The Kier molecular flexibility index (Phi) is 1.46. The van der Waals surface area contributed by atoms with Gasteiger partial charge in [-0.25, -0.2) is 0 Å². The summed E-state index contributed by atoms with van der Waals surface area (Å²) in [5.74, 6) is 0.495. The molecule has 0 aliphatic carbocycles. The minimum absolute atomic E-state index is 0.291. The summed E-state index contributed by atoms with van der Waals surface area (Å²) in [5, 5.41) is 0. The maximum Gasteiger partial charge on any atom is 0.242 e. The minimum atomic E-state index is -0.325. The molecular formula is C8H9N3O. The number of carbonyl (C=O) groups is 1. The van der Waals surface area contributed by atoms with Gasteiger partial charge in [-0.15, -0.1) is 0 Å². The van der Waals surface area contributed by atoms with Crippen LogP contribution in [0.15, 0.2) is 29.4 Å². The molecule has 2 heterocycles. The molecule has 2 aliphatic heterocycles. The molecule has 0 aromatic rings. The topological polar surface area (TPSA) is 58.7 Å². The van der Waals surface area contributed by atoms with Gasteiger partial charge in [-0.1, -0.05) is 6.08 Å². The van der Waals surface area contributed by atoms with Crippen LogP contribution in [0, 0.1) is 0 Å². The fourth-order valence-corrected chi connectivity index (χ4v) is 1.34. The van der Waals surface area contributed by atoms with E-state index in [1.165, 1.54) is 0 Å². The van der Waals surface area contributed by atoms with Crippen molar-refractivity contribution < 1.29 is 4.79 Å². The monoisotopic (exact) mass is 163 g/mol. The van der Waals surface area contributed by atoms with Crippen LogP contribution in [-0.4, -0.2) is 29.2 Å². The second-order valence-electron chi connectivity index (χ2n) is 2.72. The third kappa shape index (κ3) is 0.922. The van der Waals surface area contributed by atoms with E-state index in [0.717, 1.165) is 5.84 Å². The summed E-state index contributed by atoms with van der Waals surface area (Å²) < 4.78 is 0. The second-order valence-corrected chi connectivity index (χ2v) is 2.72. The summed E-state index contributed by atoms with van der Waals surface area (Å²) >= 11 is 0. The lowest BCUT2D eigenvalue weighted by Gasteiger charge is -2.21. The van der Waals surface area contributed by atoms with Crippen molar-refractivity contribution in [1.82, 2.24) is 4.90 Å². The van der Waals surface area contributed by atoms with Crippen molar-refractivity contribution >= 4 is 11.7 Å². The van der Waals surface area contributed by atoms with Gasteiger partial charge >= 0.3 is 0 Å². The number of amidine groups is 1. The number of hydrogen-bond donors (Lipinski definition) is 1. The first kappa shape index (κ1) is 7.09. The Bertz CT molecular complexity index is 303. The first-order valence-electron chi connectivity index (χ1n) is 3.76. The lowest BCUT2D eigenvalue weighted by atomic mass is 10.2. The number of nitrogens with zero attached hydrogens (tertiary/aromatic N) is 2. The van der Waals surface area contributed by atoms with Crippen LogP contribution in [0.1, 0.15) is 0 Å². The maximum absolute atomic E-state index is 10.9. The SMILES string of the molecule is NC(=O)[C@@H]1CN=C2C=CC=CN21. The standard InChI is InChI=1S/C8H9N3O/c9-8(12)6-5-10-7-3-1-2-4-11(6)7/h1-4,6H,5H2,(H2,9,12)/t6-/m0/s1. The molecule has 2 aliphatic rings. The van der Waals surface area contributed by atoms with Crippen molar-refractivity contribution in [2.24, 2.45) is 10.7 Å². The lowest BCUT2D eigenvalue weighted by molar-refractivity contribution is -0.120. The van der Waals surface area contributed by atoms with Gasteiger partial charge in [0.25, 0.3) is 0 Å². The van der Waals surface area contributed by atoms with E-state index >= 15 is 0 Å². The zero-order chi connectivity index (χ0) is 8.55. The van der Waals surface area contributed by atoms with Gasteiger partial charge < -0.3 is 10.6 Å². The van der Waals surface area contributed by atoms with Crippen molar-refractivity contribution in [3.05, 3.63) is 24.4 Å². The Balaban J connectivity index is 2.25. The highest BCUT2D eigenvalue weighted by Gasteiger charge is 2.29. The molecule has 4 nitrogen and oxygen atoms in total. The largest absolute Gasteiger partial charge is 0.368 e. The summed E-state index contributed by atoms with van der Waals surface area (Å²) in [6.07, 6.45) is 7.43. The van der Waals surface area contributed by atoms with Crippen molar-refractivity contribution in [2.75, 3.05) is 6.54 Å². The van der Waals surface area contributed by atoms with Gasteiger partial charge in [-0.3, -0.25) is 9.79 Å². The summed E-state index contributed by atoms with van der Waals surface area (Å²) in [7, 11) is 0. The molecule has 0 bridgehead atoms. The van der Waals surface area contributed by atoms with E-state index in [0.29, 0.717) is 6.54 Å². The molecular weight excluding hydrogens is 154 g/mol. The predicted octanol–water partition coefficient (Wildman–Crippen LogP) is -0.362. The molecule has 12 heavy (non-hydrogen) atoms. The molecule has 4 heteroatoms. The summed E-state index contributed by atoms with van der Waals surface area (Å²) in [4.78, 5) is 16.9. The van der Waals surface area contributed by atoms with E-state index in [1.807, 2.05) is 24.4 Å². The van der Waals surface area contributed by atoms with E-state index in [9.17, 15) is 4.79 Å². The van der Waals surface area contributed by atoms with E-state index < -0.39 is 0 Å². The number of aliphatic imine (C=N–C) groups is 1. The normalized spacial score (nSPS) is 25.5. The van der Waals surface area contributed by atoms with E-state index in [2.05, 4.69) is 4.99 Å². The average Bonchev–Trinajstić information content (AvgIpc) is 2.47. The molecule has 62 valence electrons. The zero-order valence-corrected chi connectivity index (χ0v) is 6.47. The number of rotatable bonds is 1. The van der Waals surface area contributed by atoms with E-state index in [1.54, 1.807) is 4.90 Å². The van der Waals surface area contributed by atoms with Gasteiger partial charge in [0.1, 0.15) is 11.9 Å². The molecule has 2 N–H and O–H groups in total. The number of allylic oxidation sites excluding steroid dienone is 2. The van der Waals surface area contributed by atoms with Crippen LogP contribution in [0.3, 0.4) is 0 Å². The lowest BCUT2D eigenvalue weighted by Crippen LogP contribution is -2.42. The van der Waals surface area contributed by atoms with Crippen LogP contribution in [0.4, 0.5) is 0 Å². The molecule has 0 radical (unpaired) electrons. The highest BCUT2D eigenvalue weighted by atomic mass is 16.1. The van der Waals surface area contributed by atoms with Gasteiger partial charge in [0.15, 0.2) is 0 Å². The van der Waals surface area contributed by atoms with Crippen molar-refractivity contribution in [3.63, 3.8) is 0 Å². The number of fused-ring (bicyclic) bond motifs is 1. The highest BCUT2D eigenvalue weighted by Crippen LogP contribution is 2.14. The van der Waals surface area contributed by atoms with Gasteiger partial charge in [0.05, 0.1) is 6.54 Å². The van der Waals surface area contributed by atoms with Crippen molar-refractivity contribution in [2.45, 2.75) is 6.04 Å². The fourth-order valence-electron chi connectivity index (χ4n) is 1.34. The molecule has 0 saturated carbocycles. The Labute approximate surface area is 70.1 Å². The first-order valence-corrected chi connectivity index (χ1v) is 3.76. The Morgan fingerprint density at radius 2 is 2.50 bits per heavy atom. The third-order valence-electron chi connectivity index (χ3n) is 1.96. The van der Waals surface area contributed by atoms with Crippen LogP contribution < -0.4 is 5.73 Å². The molecule has 0 aromatic carbocycles.